The van der Waals surface area contributed by atoms with E-state index in [1.807, 2.05) is 0 Å². The van der Waals surface area contributed by atoms with Crippen LogP contribution in [0.3, 0.4) is 0 Å². The topological polar surface area (TPSA) is 20.2 Å². The van der Waals surface area contributed by atoms with Crippen molar-refractivity contribution in [2.45, 2.75) is 40.7 Å². The standard InChI is InChI=1S/C12HF17OS/c13-2-1(3(14)5(16)6(31-30)4(2)15)7(17,18)8(19,20)9(21,22)10(23,24)11(25,26)12(27,28)29/h30H. The van der Waals surface area contributed by atoms with Gasteiger partial charge in [0, 0.05) is 12.0 Å². The van der Waals surface area contributed by atoms with Crippen molar-refractivity contribution < 1.29 is 79.2 Å². The summed E-state index contributed by atoms with van der Waals surface area (Å²) in [5.74, 6) is -54.3. The SMILES string of the molecule is OSc1c(F)c(F)c(C(F)(F)C(F)(F)C(F)(F)C(F)(F)C(F)(F)C(F)(F)F)c(F)c1F. The van der Waals surface area contributed by atoms with Crippen LogP contribution < -0.4 is 0 Å². The van der Waals surface area contributed by atoms with Crippen LogP contribution in [-0.4, -0.2) is 34.4 Å². The molecule has 1 nitrogen and oxygen atoms in total. The van der Waals surface area contributed by atoms with Gasteiger partial charge in [-0.1, -0.05) is 0 Å². The third-order valence-electron chi connectivity index (χ3n) is 3.56. The first-order valence-corrected chi connectivity index (χ1v) is 7.37. The molecule has 0 amide bonds. The van der Waals surface area contributed by atoms with E-state index in [4.69, 9.17) is 4.55 Å². The van der Waals surface area contributed by atoms with E-state index in [1.165, 1.54) is 0 Å². The fourth-order valence-electron chi connectivity index (χ4n) is 1.89. The smallest absolute Gasteiger partial charge is 0.325 e. The summed E-state index contributed by atoms with van der Waals surface area (Å²) >= 11 is -1.26. The monoisotopic (exact) mass is 516 g/mol. The second kappa shape index (κ2) is 7.45. The van der Waals surface area contributed by atoms with Crippen molar-refractivity contribution >= 4 is 12.0 Å². The van der Waals surface area contributed by atoms with Crippen LogP contribution in [0.15, 0.2) is 4.90 Å². The average Bonchev–Trinajstić information content (AvgIpc) is 2.58. The van der Waals surface area contributed by atoms with Gasteiger partial charge < -0.3 is 4.55 Å². The van der Waals surface area contributed by atoms with Gasteiger partial charge in [-0.3, -0.25) is 0 Å². The normalized spacial score (nSPS) is 14.9. The zero-order valence-electron chi connectivity index (χ0n) is 13.3. The molecule has 0 unspecified atom stereocenters. The van der Waals surface area contributed by atoms with E-state index in [-0.39, 0.29) is 0 Å². The Morgan fingerprint density at radius 1 is 0.484 bits per heavy atom. The van der Waals surface area contributed by atoms with Crippen LogP contribution in [0.4, 0.5) is 74.6 Å². The highest BCUT2D eigenvalue weighted by molar-refractivity contribution is 7.93. The van der Waals surface area contributed by atoms with Crippen LogP contribution in [0.1, 0.15) is 5.56 Å². The summed E-state index contributed by atoms with van der Waals surface area (Å²) in [4.78, 5) is -2.25. The minimum Gasteiger partial charge on any atom is -0.325 e. The van der Waals surface area contributed by atoms with E-state index >= 15 is 0 Å². The van der Waals surface area contributed by atoms with Crippen molar-refractivity contribution in [1.82, 2.24) is 0 Å². The van der Waals surface area contributed by atoms with Crippen molar-refractivity contribution in [1.29, 1.82) is 0 Å². The molecular formula is C12HF17OS. The first kappa shape index (κ1) is 27.4. The van der Waals surface area contributed by atoms with Crippen LogP contribution in [-0.2, 0) is 5.92 Å². The molecule has 1 rings (SSSR count). The molecule has 0 saturated carbocycles. The molecule has 0 heterocycles. The van der Waals surface area contributed by atoms with Crippen LogP contribution in [0.25, 0.3) is 0 Å². The summed E-state index contributed by atoms with van der Waals surface area (Å²) < 4.78 is 231. The third-order valence-corrected chi connectivity index (χ3v) is 4.10. The predicted molar refractivity (Wildman–Crippen MR) is 64.5 cm³/mol. The largest absolute Gasteiger partial charge is 0.460 e. The quantitative estimate of drug-likeness (QED) is 0.250. The van der Waals surface area contributed by atoms with Crippen LogP contribution in [0.5, 0.6) is 0 Å². The molecular weight excluding hydrogens is 515 g/mol. The Morgan fingerprint density at radius 3 is 1.10 bits per heavy atom. The number of hydrogen-bond donors (Lipinski definition) is 1. The molecule has 180 valence electrons. The molecule has 0 bridgehead atoms. The van der Waals surface area contributed by atoms with E-state index < -0.39 is 81.6 Å². The molecule has 0 radical (unpaired) electrons. The molecule has 1 aromatic rings. The molecule has 0 fully saturated rings. The van der Waals surface area contributed by atoms with Crippen LogP contribution in [0.2, 0.25) is 0 Å². The second-order valence-electron chi connectivity index (χ2n) is 5.42. The molecule has 0 atom stereocenters. The molecule has 1 aromatic carbocycles. The van der Waals surface area contributed by atoms with Crippen LogP contribution in [0, 0.1) is 23.3 Å². The molecule has 0 saturated heterocycles. The first-order valence-electron chi connectivity index (χ1n) is 6.60. The number of benzene rings is 1. The van der Waals surface area contributed by atoms with E-state index in [9.17, 15) is 74.6 Å². The molecule has 1 N–H and O–H groups in total. The van der Waals surface area contributed by atoms with Crippen LogP contribution >= 0.6 is 12.0 Å². The Bertz CT molecular complexity index is 829. The summed E-state index contributed by atoms with van der Waals surface area (Å²) in [5, 5.41) is 0. The fourth-order valence-corrected chi connectivity index (χ4v) is 2.23. The lowest BCUT2D eigenvalue weighted by Gasteiger charge is -2.39. The Balaban J connectivity index is 3.89. The van der Waals surface area contributed by atoms with Gasteiger partial charge in [0.25, 0.3) is 0 Å². The van der Waals surface area contributed by atoms with Crippen molar-refractivity contribution in [3.05, 3.63) is 28.8 Å². The van der Waals surface area contributed by atoms with Crippen molar-refractivity contribution in [2.24, 2.45) is 0 Å². The molecule has 0 aliphatic heterocycles. The van der Waals surface area contributed by atoms with Gasteiger partial charge in [0.05, 0.1) is 0 Å². The Morgan fingerprint density at radius 2 is 0.806 bits per heavy atom. The van der Waals surface area contributed by atoms with E-state index in [0.717, 1.165) is 0 Å². The minimum atomic E-state index is -8.43. The number of halogens is 17. The third kappa shape index (κ3) is 3.46. The van der Waals surface area contributed by atoms with Gasteiger partial charge in [0.15, 0.2) is 23.3 Å². The molecule has 19 heteroatoms. The minimum absolute atomic E-state index is 1.26. The van der Waals surface area contributed by atoms with Gasteiger partial charge >= 0.3 is 35.8 Å². The van der Waals surface area contributed by atoms with Gasteiger partial charge in [-0.2, -0.15) is 57.1 Å². The van der Waals surface area contributed by atoms with E-state index in [2.05, 4.69) is 0 Å². The molecule has 0 aliphatic carbocycles. The van der Waals surface area contributed by atoms with Gasteiger partial charge in [-0.25, -0.2) is 17.6 Å². The van der Waals surface area contributed by atoms with Crippen molar-refractivity contribution in [3.8, 4) is 0 Å². The zero-order chi connectivity index (χ0) is 25.2. The highest BCUT2D eigenvalue weighted by Gasteiger charge is 2.91. The second-order valence-corrected chi connectivity index (χ2v) is 6.01. The lowest BCUT2D eigenvalue weighted by atomic mass is 9.90. The highest BCUT2D eigenvalue weighted by Crippen LogP contribution is 2.62. The maximum Gasteiger partial charge on any atom is 0.460 e. The molecule has 0 aromatic heterocycles. The number of hydrogen-bond acceptors (Lipinski definition) is 2. The summed E-state index contributed by atoms with van der Waals surface area (Å²) in [5.41, 5.74) is -4.06. The lowest BCUT2D eigenvalue weighted by molar-refractivity contribution is -0.442. The van der Waals surface area contributed by atoms with E-state index in [1.54, 1.807) is 0 Å². The summed E-state index contributed by atoms with van der Waals surface area (Å²) in [6.07, 6.45) is -7.72. The average molecular weight is 516 g/mol. The lowest BCUT2D eigenvalue weighted by Crippen LogP contribution is -2.69. The van der Waals surface area contributed by atoms with Gasteiger partial charge in [-0.05, 0) is 0 Å². The summed E-state index contributed by atoms with van der Waals surface area (Å²) in [6.45, 7) is 0. The van der Waals surface area contributed by atoms with Gasteiger partial charge in [-0.15, -0.1) is 0 Å². The Hall–Kier alpha value is -1.66. The molecule has 31 heavy (non-hydrogen) atoms. The number of rotatable bonds is 6. The Kier molecular flexibility index (Phi) is 6.57. The first-order chi connectivity index (χ1) is 13.5. The predicted octanol–water partition coefficient (Wildman–Crippen LogP) is 7.00. The Labute approximate surface area is 162 Å². The summed E-state index contributed by atoms with van der Waals surface area (Å²) in [6, 6.07) is 0. The van der Waals surface area contributed by atoms with Crippen molar-refractivity contribution in [3.63, 3.8) is 0 Å². The number of alkyl halides is 13. The van der Waals surface area contributed by atoms with E-state index in [0.29, 0.717) is 0 Å². The van der Waals surface area contributed by atoms with Gasteiger partial charge in [0.1, 0.15) is 10.5 Å². The molecule has 0 spiro atoms. The van der Waals surface area contributed by atoms with Crippen molar-refractivity contribution in [2.75, 3.05) is 0 Å². The van der Waals surface area contributed by atoms with Gasteiger partial charge in [0.2, 0.25) is 0 Å². The highest BCUT2D eigenvalue weighted by atomic mass is 32.2. The zero-order valence-corrected chi connectivity index (χ0v) is 14.1. The molecule has 0 aliphatic rings. The summed E-state index contributed by atoms with van der Waals surface area (Å²) in [7, 11) is 0. The maximum absolute atomic E-state index is 13.8. The fraction of sp³-hybridized carbons (Fsp3) is 0.500. The maximum atomic E-state index is 13.8.